The van der Waals surface area contributed by atoms with Crippen molar-refractivity contribution in [3.05, 3.63) is 51.8 Å². The summed E-state index contributed by atoms with van der Waals surface area (Å²) >= 11 is 0. The fourth-order valence-electron chi connectivity index (χ4n) is 3.13. The van der Waals surface area contributed by atoms with E-state index in [4.69, 9.17) is 20.7 Å². The number of pyridine rings is 1. The van der Waals surface area contributed by atoms with Crippen molar-refractivity contribution in [2.45, 2.75) is 31.7 Å². The number of anilines is 1. The molecule has 2 heterocycles. The SMILES string of the molecule is CCc1cc(C(=O)O)c(=O)[nH]c1-c1ccc(N2C[C@@H](N)[C@@H](O)C2)cc1.O=C(O)C(F)(F)F. The Morgan fingerprint density at radius 2 is 1.75 bits per heavy atom. The van der Waals surface area contributed by atoms with Gasteiger partial charge in [-0.1, -0.05) is 19.1 Å². The molecule has 0 saturated carbocycles. The molecule has 0 aliphatic carbocycles. The summed E-state index contributed by atoms with van der Waals surface area (Å²) in [6, 6.07) is 8.73. The quantitative estimate of drug-likeness (QED) is 0.462. The lowest BCUT2D eigenvalue weighted by Gasteiger charge is -2.18. The number of aromatic nitrogens is 1. The molecule has 1 aromatic heterocycles. The summed E-state index contributed by atoms with van der Waals surface area (Å²) in [4.78, 5) is 36.7. The van der Waals surface area contributed by atoms with E-state index in [1.54, 1.807) is 0 Å². The molecule has 2 aromatic rings. The number of nitrogens with one attached hydrogen (secondary N) is 1. The number of H-pyrrole nitrogens is 1. The van der Waals surface area contributed by atoms with Crippen molar-refractivity contribution < 1.29 is 38.1 Å². The molecule has 1 fully saturated rings. The molecule has 1 aliphatic rings. The van der Waals surface area contributed by atoms with Crippen LogP contribution in [0.3, 0.4) is 0 Å². The van der Waals surface area contributed by atoms with Gasteiger partial charge in [0, 0.05) is 24.8 Å². The Bertz CT molecular complexity index is 1030. The van der Waals surface area contributed by atoms with E-state index in [0.29, 0.717) is 25.2 Å². The number of halogens is 3. The third kappa shape index (κ3) is 5.86. The van der Waals surface area contributed by atoms with E-state index in [1.807, 2.05) is 36.1 Å². The lowest BCUT2D eigenvalue weighted by atomic mass is 10.0. The Balaban J connectivity index is 0.000000451. The van der Waals surface area contributed by atoms with Gasteiger partial charge in [-0.25, -0.2) is 9.59 Å². The van der Waals surface area contributed by atoms with E-state index >= 15 is 0 Å². The number of alkyl halides is 3. The van der Waals surface area contributed by atoms with Gasteiger partial charge >= 0.3 is 18.1 Å². The van der Waals surface area contributed by atoms with E-state index in [9.17, 15) is 27.9 Å². The molecular weight excluding hydrogens is 435 g/mol. The Morgan fingerprint density at radius 1 is 1.19 bits per heavy atom. The van der Waals surface area contributed by atoms with Crippen molar-refractivity contribution in [2.24, 2.45) is 5.73 Å². The number of nitrogens with zero attached hydrogens (tertiary/aromatic N) is 1. The zero-order chi connectivity index (χ0) is 24.2. The molecule has 2 atom stereocenters. The number of aromatic carboxylic acids is 1. The fourth-order valence-corrected chi connectivity index (χ4v) is 3.13. The van der Waals surface area contributed by atoms with Crippen molar-refractivity contribution in [1.29, 1.82) is 0 Å². The summed E-state index contributed by atoms with van der Waals surface area (Å²) < 4.78 is 31.7. The number of carboxylic acid groups (broad SMARTS) is 2. The zero-order valence-electron chi connectivity index (χ0n) is 16.9. The number of rotatable bonds is 4. The minimum Gasteiger partial charge on any atom is -0.477 e. The Morgan fingerprint density at radius 3 is 2.16 bits per heavy atom. The van der Waals surface area contributed by atoms with Gasteiger partial charge in [0.05, 0.1) is 11.8 Å². The molecule has 12 heteroatoms. The first-order valence-corrected chi connectivity index (χ1v) is 9.43. The molecule has 0 radical (unpaired) electrons. The molecule has 0 amide bonds. The molecular formula is C20H22F3N3O6. The average Bonchev–Trinajstić information content (AvgIpc) is 3.06. The molecule has 0 spiro atoms. The first kappa shape index (κ1) is 24.9. The topological polar surface area (TPSA) is 157 Å². The summed E-state index contributed by atoms with van der Waals surface area (Å²) in [5.74, 6) is -3.99. The molecule has 0 bridgehead atoms. The van der Waals surface area contributed by atoms with E-state index in [2.05, 4.69) is 4.98 Å². The molecule has 9 nitrogen and oxygen atoms in total. The number of aliphatic carboxylic acids is 1. The number of hydrogen-bond donors (Lipinski definition) is 5. The number of nitrogens with two attached hydrogens (primary N) is 1. The highest BCUT2D eigenvalue weighted by Gasteiger charge is 2.38. The van der Waals surface area contributed by atoms with Crippen LogP contribution in [0.5, 0.6) is 0 Å². The maximum atomic E-state index is 12.0. The van der Waals surface area contributed by atoms with E-state index < -0.39 is 29.8 Å². The van der Waals surface area contributed by atoms with Crippen LogP contribution in [0.1, 0.15) is 22.8 Å². The lowest BCUT2D eigenvalue weighted by Crippen LogP contribution is -2.32. The first-order chi connectivity index (χ1) is 14.8. The Labute approximate surface area is 179 Å². The third-order valence-electron chi connectivity index (χ3n) is 4.83. The van der Waals surface area contributed by atoms with Crippen LogP contribution in [0, 0.1) is 0 Å². The molecule has 3 rings (SSSR count). The van der Waals surface area contributed by atoms with E-state index in [-0.39, 0.29) is 11.6 Å². The number of aliphatic hydroxyl groups excluding tert-OH is 1. The van der Waals surface area contributed by atoms with E-state index in [1.165, 1.54) is 6.07 Å². The molecule has 1 saturated heterocycles. The molecule has 174 valence electrons. The predicted octanol–water partition coefficient (Wildman–Crippen LogP) is 1.44. The average molecular weight is 457 g/mol. The minimum absolute atomic E-state index is 0.253. The molecule has 1 aliphatic heterocycles. The molecule has 6 N–H and O–H groups in total. The van der Waals surface area contributed by atoms with E-state index in [0.717, 1.165) is 16.8 Å². The second-order valence-corrected chi connectivity index (χ2v) is 7.06. The van der Waals surface area contributed by atoms with Crippen LogP contribution < -0.4 is 16.2 Å². The van der Waals surface area contributed by atoms with Crippen molar-refractivity contribution in [1.82, 2.24) is 4.98 Å². The monoisotopic (exact) mass is 457 g/mol. The number of carbonyl (C=O) groups is 2. The van der Waals surface area contributed by atoms with Gasteiger partial charge in [-0.15, -0.1) is 0 Å². The third-order valence-corrected chi connectivity index (χ3v) is 4.83. The maximum absolute atomic E-state index is 12.0. The van der Waals surface area contributed by atoms with Gasteiger partial charge in [0.25, 0.3) is 5.56 Å². The van der Waals surface area contributed by atoms with Crippen LogP contribution in [0.4, 0.5) is 18.9 Å². The number of benzene rings is 1. The number of hydrogen-bond acceptors (Lipinski definition) is 6. The minimum atomic E-state index is -5.08. The summed E-state index contributed by atoms with van der Waals surface area (Å²) in [7, 11) is 0. The summed E-state index contributed by atoms with van der Waals surface area (Å²) in [5.41, 5.74) is 8.12. The Hall–Kier alpha value is -3.38. The van der Waals surface area contributed by atoms with Crippen molar-refractivity contribution in [2.75, 3.05) is 18.0 Å². The van der Waals surface area contributed by atoms with Gasteiger partial charge in [-0.2, -0.15) is 13.2 Å². The second kappa shape index (κ2) is 9.83. The number of β-amino-alcohol motifs (C(OH)–C–C–N with tert-alkyl or cyclic N) is 1. The normalized spacial score (nSPS) is 18.1. The van der Waals surface area contributed by atoms with Gasteiger partial charge in [0.15, 0.2) is 0 Å². The first-order valence-electron chi connectivity index (χ1n) is 9.43. The van der Waals surface area contributed by atoms with Crippen molar-refractivity contribution in [3.8, 4) is 11.3 Å². The van der Waals surface area contributed by atoms with Gasteiger partial charge in [-0.3, -0.25) is 4.79 Å². The number of aryl methyl sites for hydroxylation is 1. The van der Waals surface area contributed by atoms with Crippen molar-refractivity contribution >= 4 is 17.6 Å². The summed E-state index contributed by atoms with van der Waals surface area (Å²) in [6.07, 6.45) is -5.02. The standard InChI is InChI=1S/C18H21N3O4.C2HF3O2/c1-2-10-7-13(18(24)25)17(23)20-16(10)11-3-5-12(6-4-11)21-8-14(19)15(22)9-21;3-2(4,5)1(6)7/h3-7,14-15,22H,2,8-9,19H2,1H3,(H,20,23)(H,24,25);(H,6,7)/t14-,15+;/m1./s1. The van der Waals surface area contributed by atoms with Crippen LogP contribution in [0.15, 0.2) is 35.1 Å². The predicted molar refractivity (Wildman–Crippen MR) is 109 cm³/mol. The van der Waals surface area contributed by atoms with Gasteiger partial charge in [0.1, 0.15) is 5.56 Å². The summed E-state index contributed by atoms with van der Waals surface area (Å²) in [6.45, 7) is 2.99. The van der Waals surface area contributed by atoms with Crippen LogP contribution in [-0.2, 0) is 11.2 Å². The molecule has 32 heavy (non-hydrogen) atoms. The highest BCUT2D eigenvalue weighted by Crippen LogP contribution is 2.26. The largest absolute Gasteiger partial charge is 0.490 e. The van der Waals surface area contributed by atoms with Crippen molar-refractivity contribution in [3.63, 3.8) is 0 Å². The van der Waals surface area contributed by atoms with Gasteiger partial charge in [-0.05, 0) is 35.7 Å². The molecule has 0 unspecified atom stereocenters. The smallest absolute Gasteiger partial charge is 0.477 e. The number of aliphatic hydroxyl groups is 1. The second-order valence-electron chi connectivity index (χ2n) is 7.06. The highest BCUT2D eigenvalue weighted by molar-refractivity contribution is 5.88. The van der Waals surface area contributed by atoms with Crippen LogP contribution >= 0.6 is 0 Å². The fraction of sp³-hybridized carbons (Fsp3) is 0.350. The van der Waals surface area contributed by atoms with Crippen LogP contribution in [-0.4, -0.2) is 63.7 Å². The zero-order valence-corrected chi connectivity index (χ0v) is 16.9. The number of carboxylic acids is 2. The van der Waals surface area contributed by atoms with Gasteiger partial charge < -0.3 is 30.9 Å². The Kier molecular flexibility index (Phi) is 7.65. The number of aromatic amines is 1. The molecule has 1 aromatic carbocycles. The van der Waals surface area contributed by atoms with Gasteiger partial charge in [0.2, 0.25) is 0 Å². The highest BCUT2D eigenvalue weighted by atomic mass is 19.4. The maximum Gasteiger partial charge on any atom is 0.490 e. The lowest BCUT2D eigenvalue weighted by molar-refractivity contribution is -0.192. The van der Waals surface area contributed by atoms with Crippen LogP contribution in [0.25, 0.3) is 11.3 Å². The summed E-state index contributed by atoms with van der Waals surface area (Å²) in [5, 5.41) is 26.0. The van der Waals surface area contributed by atoms with Crippen LogP contribution in [0.2, 0.25) is 0 Å².